The van der Waals surface area contributed by atoms with E-state index in [1.807, 2.05) is 24.3 Å². The predicted octanol–water partition coefficient (Wildman–Crippen LogP) is 1.61. The number of primary amides is 1. The third-order valence-corrected chi connectivity index (χ3v) is 3.11. The Labute approximate surface area is 118 Å². The molecular weight excluding hydrogens is 254 g/mol. The monoisotopic (exact) mass is 273 g/mol. The van der Waals surface area contributed by atoms with E-state index in [0.29, 0.717) is 13.1 Å². The van der Waals surface area contributed by atoms with Crippen LogP contribution in [0.15, 0.2) is 36.4 Å². The fourth-order valence-electron chi connectivity index (χ4n) is 2.16. The second-order valence-corrected chi connectivity index (χ2v) is 4.44. The first-order valence-electron chi connectivity index (χ1n) is 6.51. The van der Waals surface area contributed by atoms with Crippen LogP contribution in [0.1, 0.15) is 5.56 Å². The van der Waals surface area contributed by atoms with Gasteiger partial charge in [-0.05, 0) is 17.0 Å². The van der Waals surface area contributed by atoms with Gasteiger partial charge in [0, 0.05) is 25.0 Å². The molecule has 2 rings (SSSR count). The normalized spacial score (nSPS) is 10.4. The molecule has 2 aromatic rings. The maximum absolute atomic E-state index is 10.5. The van der Waals surface area contributed by atoms with Gasteiger partial charge < -0.3 is 21.1 Å². The minimum atomic E-state index is -0.498. The van der Waals surface area contributed by atoms with E-state index in [1.165, 1.54) is 10.9 Å². The molecule has 0 fully saturated rings. The van der Waals surface area contributed by atoms with Gasteiger partial charge in [-0.15, -0.1) is 0 Å². The number of carbonyl (C=O) groups is 1. The van der Waals surface area contributed by atoms with Gasteiger partial charge in [0.25, 0.3) is 0 Å². The van der Waals surface area contributed by atoms with Gasteiger partial charge in [0.1, 0.15) is 5.75 Å². The lowest BCUT2D eigenvalue weighted by atomic mass is 10.0. The van der Waals surface area contributed by atoms with E-state index in [2.05, 4.69) is 22.8 Å². The summed E-state index contributed by atoms with van der Waals surface area (Å²) in [6, 6.07) is 11.7. The molecule has 0 aromatic heterocycles. The van der Waals surface area contributed by atoms with Gasteiger partial charge in [0.2, 0.25) is 0 Å². The maximum Gasteiger partial charge on any atom is 0.312 e. The number of fused-ring (bicyclic) bond motifs is 1. The highest BCUT2D eigenvalue weighted by atomic mass is 16.5. The number of rotatable bonds is 6. The molecule has 2 amide bonds. The molecule has 0 unspecified atom stereocenters. The number of ether oxygens (including phenoxy) is 1. The smallest absolute Gasteiger partial charge is 0.312 e. The van der Waals surface area contributed by atoms with Crippen molar-refractivity contribution in [2.45, 2.75) is 6.54 Å². The van der Waals surface area contributed by atoms with E-state index in [1.54, 1.807) is 7.11 Å². The summed E-state index contributed by atoms with van der Waals surface area (Å²) in [5, 5.41) is 8.09. The number of urea groups is 1. The van der Waals surface area contributed by atoms with Crippen LogP contribution in [-0.2, 0) is 6.54 Å². The summed E-state index contributed by atoms with van der Waals surface area (Å²) in [5.74, 6) is 0.875. The van der Waals surface area contributed by atoms with Crippen LogP contribution in [0.25, 0.3) is 10.8 Å². The Morgan fingerprint density at radius 2 is 1.90 bits per heavy atom. The van der Waals surface area contributed by atoms with Crippen molar-refractivity contribution in [3.8, 4) is 5.75 Å². The average Bonchev–Trinajstić information content (AvgIpc) is 2.46. The zero-order valence-corrected chi connectivity index (χ0v) is 11.5. The minimum Gasteiger partial charge on any atom is -0.496 e. The van der Waals surface area contributed by atoms with E-state index in [4.69, 9.17) is 10.5 Å². The summed E-state index contributed by atoms with van der Waals surface area (Å²) >= 11 is 0. The van der Waals surface area contributed by atoms with Gasteiger partial charge in [0.05, 0.1) is 7.11 Å². The maximum atomic E-state index is 10.5. The Balaban J connectivity index is 2.05. The number of hydrogen-bond acceptors (Lipinski definition) is 3. The molecule has 5 heteroatoms. The zero-order valence-electron chi connectivity index (χ0n) is 11.5. The average molecular weight is 273 g/mol. The van der Waals surface area contributed by atoms with Gasteiger partial charge in [-0.2, -0.15) is 0 Å². The van der Waals surface area contributed by atoms with Gasteiger partial charge >= 0.3 is 6.03 Å². The number of hydrogen-bond donors (Lipinski definition) is 3. The molecule has 0 atom stereocenters. The molecule has 0 aliphatic heterocycles. The summed E-state index contributed by atoms with van der Waals surface area (Å²) < 4.78 is 5.37. The standard InChI is InChI=1S/C15H19N3O2/c1-20-14-7-6-11(10-17-8-9-18-15(16)19)12-4-2-3-5-13(12)14/h2-7,17H,8-10H2,1H3,(H3,16,18,19). The molecular formula is C15H19N3O2. The Morgan fingerprint density at radius 1 is 1.15 bits per heavy atom. The number of nitrogens with one attached hydrogen (secondary N) is 2. The number of amides is 2. The molecule has 0 heterocycles. The SMILES string of the molecule is COc1ccc(CNCCNC(N)=O)c2ccccc12. The Bertz CT molecular complexity index is 599. The topological polar surface area (TPSA) is 76.4 Å². The fourth-order valence-corrected chi connectivity index (χ4v) is 2.16. The highest BCUT2D eigenvalue weighted by molar-refractivity contribution is 5.91. The van der Waals surface area contributed by atoms with Crippen LogP contribution in [0.4, 0.5) is 4.79 Å². The molecule has 0 radical (unpaired) electrons. The lowest BCUT2D eigenvalue weighted by Gasteiger charge is -2.11. The van der Waals surface area contributed by atoms with E-state index in [9.17, 15) is 4.79 Å². The van der Waals surface area contributed by atoms with Crippen LogP contribution < -0.4 is 21.1 Å². The first-order chi connectivity index (χ1) is 9.72. The fraction of sp³-hybridized carbons (Fsp3) is 0.267. The molecule has 0 bridgehead atoms. The van der Waals surface area contributed by atoms with Crippen LogP contribution in [-0.4, -0.2) is 26.2 Å². The molecule has 0 aliphatic rings. The van der Waals surface area contributed by atoms with Crippen LogP contribution in [0, 0.1) is 0 Å². The van der Waals surface area contributed by atoms with Crippen molar-refractivity contribution in [1.29, 1.82) is 0 Å². The molecule has 0 saturated carbocycles. The van der Waals surface area contributed by atoms with Gasteiger partial charge in [0.15, 0.2) is 0 Å². The molecule has 0 spiro atoms. The number of benzene rings is 2. The predicted molar refractivity (Wildman–Crippen MR) is 79.8 cm³/mol. The summed E-state index contributed by atoms with van der Waals surface area (Å²) in [7, 11) is 1.68. The van der Waals surface area contributed by atoms with Crippen molar-refractivity contribution in [3.05, 3.63) is 42.0 Å². The van der Waals surface area contributed by atoms with E-state index in [0.717, 1.165) is 17.7 Å². The number of nitrogens with two attached hydrogens (primary N) is 1. The zero-order chi connectivity index (χ0) is 14.4. The van der Waals surface area contributed by atoms with Gasteiger partial charge in [-0.1, -0.05) is 30.3 Å². The van der Waals surface area contributed by atoms with Crippen LogP contribution in [0.5, 0.6) is 5.75 Å². The Morgan fingerprint density at radius 3 is 2.60 bits per heavy atom. The second-order valence-electron chi connectivity index (χ2n) is 4.44. The van der Waals surface area contributed by atoms with Crippen LogP contribution in [0.3, 0.4) is 0 Å². The van der Waals surface area contributed by atoms with Crippen molar-refractivity contribution in [3.63, 3.8) is 0 Å². The summed E-state index contributed by atoms with van der Waals surface area (Å²) in [5.41, 5.74) is 6.20. The first kappa shape index (κ1) is 14.1. The first-order valence-corrected chi connectivity index (χ1v) is 6.51. The molecule has 106 valence electrons. The van der Waals surface area contributed by atoms with Gasteiger partial charge in [-0.25, -0.2) is 4.79 Å². The molecule has 0 aliphatic carbocycles. The van der Waals surface area contributed by atoms with E-state index >= 15 is 0 Å². The van der Waals surface area contributed by atoms with E-state index in [-0.39, 0.29) is 0 Å². The highest BCUT2D eigenvalue weighted by Crippen LogP contribution is 2.28. The summed E-state index contributed by atoms with van der Waals surface area (Å²) in [6.45, 7) is 1.91. The third kappa shape index (κ3) is 3.39. The highest BCUT2D eigenvalue weighted by Gasteiger charge is 2.05. The largest absolute Gasteiger partial charge is 0.496 e. The Kier molecular flexibility index (Phi) is 4.79. The molecule has 5 nitrogen and oxygen atoms in total. The van der Waals surface area contributed by atoms with Crippen molar-refractivity contribution >= 4 is 16.8 Å². The van der Waals surface area contributed by atoms with Crippen molar-refractivity contribution in [2.24, 2.45) is 5.73 Å². The van der Waals surface area contributed by atoms with Gasteiger partial charge in [-0.3, -0.25) is 0 Å². The lowest BCUT2D eigenvalue weighted by molar-refractivity contribution is 0.249. The summed E-state index contributed by atoms with van der Waals surface area (Å²) in [4.78, 5) is 10.5. The van der Waals surface area contributed by atoms with E-state index < -0.39 is 6.03 Å². The summed E-state index contributed by atoms with van der Waals surface area (Å²) in [6.07, 6.45) is 0. The lowest BCUT2D eigenvalue weighted by Crippen LogP contribution is -2.35. The number of carbonyl (C=O) groups excluding carboxylic acids is 1. The molecule has 20 heavy (non-hydrogen) atoms. The quantitative estimate of drug-likeness (QED) is 0.700. The van der Waals surface area contributed by atoms with Crippen LogP contribution >= 0.6 is 0 Å². The number of methoxy groups -OCH3 is 1. The Hall–Kier alpha value is -2.27. The molecule has 2 aromatic carbocycles. The minimum absolute atomic E-state index is 0.498. The van der Waals surface area contributed by atoms with Crippen molar-refractivity contribution in [1.82, 2.24) is 10.6 Å². The van der Waals surface area contributed by atoms with Crippen LogP contribution in [0.2, 0.25) is 0 Å². The molecule has 0 saturated heterocycles. The second kappa shape index (κ2) is 6.77. The molecule has 4 N–H and O–H groups in total. The third-order valence-electron chi connectivity index (χ3n) is 3.11. The van der Waals surface area contributed by atoms with Crippen molar-refractivity contribution < 1.29 is 9.53 Å². The van der Waals surface area contributed by atoms with Crippen molar-refractivity contribution in [2.75, 3.05) is 20.2 Å².